The van der Waals surface area contributed by atoms with Gasteiger partial charge in [0.15, 0.2) is 0 Å². The predicted molar refractivity (Wildman–Crippen MR) is 82.1 cm³/mol. The fourth-order valence-electron chi connectivity index (χ4n) is 2.61. The molecule has 0 spiro atoms. The van der Waals surface area contributed by atoms with Crippen LogP contribution in [0, 0.1) is 0 Å². The molecule has 108 valence electrons. The molecule has 3 rings (SSSR count). The predicted octanol–water partition coefficient (Wildman–Crippen LogP) is 2.22. The van der Waals surface area contributed by atoms with Crippen molar-refractivity contribution in [1.29, 1.82) is 0 Å². The Kier molecular flexibility index (Phi) is 3.58. The number of para-hydroxylation sites is 1. The highest BCUT2D eigenvalue weighted by atomic mass is 16.5. The summed E-state index contributed by atoms with van der Waals surface area (Å²) >= 11 is 0. The van der Waals surface area contributed by atoms with Crippen molar-refractivity contribution < 1.29 is 4.74 Å². The third-order valence-electron chi connectivity index (χ3n) is 3.64. The molecule has 3 aromatic rings. The number of fused-ring (bicyclic) bond motifs is 1. The molecule has 1 aromatic carbocycles. The largest absolute Gasteiger partial charge is 0.481 e. The topological polar surface area (TPSA) is 66.0 Å². The monoisotopic (exact) mass is 282 g/mol. The first-order valence-corrected chi connectivity index (χ1v) is 6.86. The van der Waals surface area contributed by atoms with E-state index in [4.69, 9.17) is 10.5 Å². The summed E-state index contributed by atoms with van der Waals surface area (Å²) < 4.78 is 7.17. The third-order valence-corrected chi connectivity index (χ3v) is 3.64. The smallest absolute Gasteiger partial charge is 0.217 e. The second kappa shape index (κ2) is 5.54. The Balaban J connectivity index is 1.95. The minimum atomic E-state index is -0.202. The molecular weight excluding hydrogens is 264 g/mol. The van der Waals surface area contributed by atoms with Gasteiger partial charge < -0.3 is 10.5 Å². The molecular formula is C16H18N4O. The fourth-order valence-corrected chi connectivity index (χ4v) is 2.61. The lowest BCUT2D eigenvalue weighted by molar-refractivity contribution is 0.388. The van der Waals surface area contributed by atoms with Crippen LogP contribution in [-0.2, 0) is 13.5 Å². The van der Waals surface area contributed by atoms with Crippen molar-refractivity contribution in [3.05, 3.63) is 53.9 Å². The van der Waals surface area contributed by atoms with Crippen molar-refractivity contribution >= 4 is 10.9 Å². The zero-order valence-corrected chi connectivity index (χ0v) is 12.2. The number of aryl methyl sites for hydroxylation is 1. The van der Waals surface area contributed by atoms with Gasteiger partial charge in [0, 0.05) is 36.7 Å². The zero-order valence-electron chi connectivity index (χ0n) is 12.2. The van der Waals surface area contributed by atoms with Crippen LogP contribution in [0.2, 0.25) is 0 Å². The molecule has 0 bridgehead atoms. The summed E-state index contributed by atoms with van der Waals surface area (Å²) in [5, 5.41) is 5.72. The molecule has 0 fully saturated rings. The van der Waals surface area contributed by atoms with Gasteiger partial charge in [0.2, 0.25) is 5.88 Å². The second-order valence-electron chi connectivity index (χ2n) is 5.00. The summed E-state index contributed by atoms with van der Waals surface area (Å²) in [5.41, 5.74) is 9.33. The lowest BCUT2D eigenvalue weighted by Crippen LogP contribution is -2.15. The standard InChI is InChI=1S/C16H18N4O/c1-20-15-8-4-3-6-12(15)14(19-20)10-13(17)11-7-5-9-18-16(11)21-2/h3-9,13H,10,17H2,1-2H3. The summed E-state index contributed by atoms with van der Waals surface area (Å²) in [7, 11) is 3.55. The van der Waals surface area contributed by atoms with Crippen molar-refractivity contribution in [2.24, 2.45) is 12.8 Å². The van der Waals surface area contributed by atoms with E-state index in [0.29, 0.717) is 12.3 Å². The molecule has 0 radical (unpaired) electrons. The van der Waals surface area contributed by atoms with E-state index in [9.17, 15) is 0 Å². The lowest BCUT2D eigenvalue weighted by Gasteiger charge is -2.13. The molecule has 0 saturated carbocycles. The summed E-state index contributed by atoms with van der Waals surface area (Å²) in [6.45, 7) is 0. The summed E-state index contributed by atoms with van der Waals surface area (Å²) in [4.78, 5) is 4.20. The summed E-state index contributed by atoms with van der Waals surface area (Å²) in [6.07, 6.45) is 2.34. The molecule has 0 aliphatic heterocycles. The van der Waals surface area contributed by atoms with Crippen LogP contribution >= 0.6 is 0 Å². The number of aromatic nitrogens is 3. The number of ether oxygens (including phenoxy) is 1. The van der Waals surface area contributed by atoms with Gasteiger partial charge in [-0.1, -0.05) is 24.3 Å². The van der Waals surface area contributed by atoms with Crippen molar-refractivity contribution in [3.63, 3.8) is 0 Å². The summed E-state index contributed by atoms with van der Waals surface area (Å²) in [6, 6.07) is 11.8. The molecule has 5 heteroatoms. The van der Waals surface area contributed by atoms with Crippen LogP contribution in [0.5, 0.6) is 5.88 Å². The minimum Gasteiger partial charge on any atom is -0.481 e. The highest BCUT2D eigenvalue weighted by molar-refractivity contribution is 5.81. The quantitative estimate of drug-likeness (QED) is 0.797. The van der Waals surface area contributed by atoms with Gasteiger partial charge in [-0.15, -0.1) is 0 Å². The van der Waals surface area contributed by atoms with Crippen molar-refractivity contribution in [2.45, 2.75) is 12.5 Å². The van der Waals surface area contributed by atoms with Gasteiger partial charge >= 0.3 is 0 Å². The SMILES string of the molecule is COc1ncccc1C(N)Cc1nn(C)c2ccccc12. The number of pyridine rings is 1. The number of nitrogens with two attached hydrogens (primary N) is 1. The number of methoxy groups -OCH3 is 1. The maximum atomic E-state index is 6.33. The van der Waals surface area contributed by atoms with E-state index < -0.39 is 0 Å². The molecule has 0 saturated heterocycles. The van der Waals surface area contributed by atoms with Crippen LogP contribution in [0.15, 0.2) is 42.6 Å². The first kappa shape index (κ1) is 13.6. The molecule has 2 N–H and O–H groups in total. The van der Waals surface area contributed by atoms with Crippen LogP contribution in [0.3, 0.4) is 0 Å². The van der Waals surface area contributed by atoms with Gasteiger partial charge in [0.1, 0.15) is 0 Å². The number of nitrogens with zero attached hydrogens (tertiary/aromatic N) is 3. The van der Waals surface area contributed by atoms with Crippen molar-refractivity contribution in [3.8, 4) is 5.88 Å². The highest BCUT2D eigenvalue weighted by Gasteiger charge is 2.17. The normalized spacial score (nSPS) is 12.5. The minimum absolute atomic E-state index is 0.202. The Bertz CT molecular complexity index is 766. The van der Waals surface area contributed by atoms with E-state index in [2.05, 4.69) is 22.2 Å². The number of rotatable bonds is 4. The van der Waals surface area contributed by atoms with Crippen LogP contribution in [0.4, 0.5) is 0 Å². The van der Waals surface area contributed by atoms with Crippen LogP contribution in [0.1, 0.15) is 17.3 Å². The molecule has 0 aliphatic rings. The van der Waals surface area contributed by atoms with Gasteiger partial charge in [-0.3, -0.25) is 4.68 Å². The van der Waals surface area contributed by atoms with E-state index in [1.54, 1.807) is 13.3 Å². The first-order valence-electron chi connectivity index (χ1n) is 6.86. The Morgan fingerprint density at radius 1 is 1.24 bits per heavy atom. The van der Waals surface area contributed by atoms with Gasteiger partial charge in [-0.25, -0.2) is 4.98 Å². The molecule has 2 heterocycles. The van der Waals surface area contributed by atoms with Gasteiger partial charge in [0.05, 0.1) is 18.3 Å². The van der Waals surface area contributed by atoms with Crippen LogP contribution in [-0.4, -0.2) is 21.9 Å². The van der Waals surface area contributed by atoms with Crippen LogP contribution in [0.25, 0.3) is 10.9 Å². The maximum Gasteiger partial charge on any atom is 0.217 e. The molecule has 0 aliphatic carbocycles. The zero-order chi connectivity index (χ0) is 14.8. The Hall–Kier alpha value is -2.40. The van der Waals surface area contributed by atoms with E-state index in [-0.39, 0.29) is 6.04 Å². The van der Waals surface area contributed by atoms with Gasteiger partial charge in [-0.2, -0.15) is 5.10 Å². The second-order valence-corrected chi connectivity index (χ2v) is 5.00. The van der Waals surface area contributed by atoms with E-state index >= 15 is 0 Å². The average molecular weight is 282 g/mol. The number of hydrogen-bond acceptors (Lipinski definition) is 4. The van der Waals surface area contributed by atoms with E-state index in [1.165, 1.54) is 0 Å². The van der Waals surface area contributed by atoms with Crippen molar-refractivity contribution in [2.75, 3.05) is 7.11 Å². The Morgan fingerprint density at radius 2 is 2.05 bits per heavy atom. The molecule has 1 unspecified atom stereocenters. The van der Waals surface area contributed by atoms with Crippen LogP contribution < -0.4 is 10.5 Å². The molecule has 1 atom stereocenters. The lowest BCUT2D eigenvalue weighted by atomic mass is 10.0. The van der Waals surface area contributed by atoms with Gasteiger partial charge in [0.25, 0.3) is 0 Å². The van der Waals surface area contributed by atoms with Gasteiger partial charge in [-0.05, 0) is 12.1 Å². The Morgan fingerprint density at radius 3 is 2.86 bits per heavy atom. The molecule has 5 nitrogen and oxygen atoms in total. The molecule has 21 heavy (non-hydrogen) atoms. The average Bonchev–Trinajstić information content (AvgIpc) is 2.84. The third kappa shape index (κ3) is 2.48. The molecule has 0 amide bonds. The number of hydrogen-bond donors (Lipinski definition) is 1. The van der Waals surface area contributed by atoms with Crippen molar-refractivity contribution in [1.82, 2.24) is 14.8 Å². The Labute approximate surface area is 123 Å². The number of benzene rings is 1. The summed E-state index contributed by atoms with van der Waals surface area (Å²) in [5.74, 6) is 0.574. The maximum absolute atomic E-state index is 6.33. The fraction of sp³-hybridized carbons (Fsp3) is 0.250. The first-order chi connectivity index (χ1) is 10.2. The highest BCUT2D eigenvalue weighted by Crippen LogP contribution is 2.26. The molecule has 2 aromatic heterocycles. The van der Waals surface area contributed by atoms with E-state index in [0.717, 1.165) is 22.2 Å². The van der Waals surface area contributed by atoms with E-state index in [1.807, 2.05) is 36.0 Å².